The summed E-state index contributed by atoms with van der Waals surface area (Å²) in [5, 5.41) is 6.75. The van der Waals surface area contributed by atoms with Crippen LogP contribution in [0.5, 0.6) is 11.5 Å². The van der Waals surface area contributed by atoms with Crippen molar-refractivity contribution in [2.45, 2.75) is 5.41 Å². The lowest BCUT2D eigenvalue weighted by Gasteiger charge is -2.40. The molecular weight excluding hydrogens is 731 g/mol. The molecule has 1 aromatic heterocycles. The number of hydrogen-bond donors (Lipinski definition) is 0. The van der Waals surface area contributed by atoms with Crippen LogP contribution >= 0.6 is 0 Å². The van der Waals surface area contributed by atoms with Crippen LogP contribution in [0.2, 0.25) is 0 Å². The molecule has 1 aliphatic carbocycles. The van der Waals surface area contributed by atoms with Crippen LogP contribution in [-0.2, 0) is 5.41 Å². The van der Waals surface area contributed by atoms with Crippen molar-refractivity contribution in [3.05, 3.63) is 235 Å². The zero-order valence-corrected chi connectivity index (χ0v) is 32.5. The van der Waals surface area contributed by atoms with Crippen molar-refractivity contribution in [1.82, 2.24) is 0 Å². The highest BCUT2D eigenvalue weighted by Gasteiger charge is 2.51. The van der Waals surface area contributed by atoms with Crippen LogP contribution in [0.1, 0.15) is 22.3 Å². The quantitative estimate of drug-likeness (QED) is 0.178. The first-order valence-corrected chi connectivity index (χ1v) is 20.6. The number of hydrogen-bond acceptors (Lipinski definition) is 3. The zero-order chi connectivity index (χ0) is 39.4. The largest absolute Gasteiger partial charge is 0.456 e. The maximum absolute atomic E-state index is 7.18. The van der Waals surface area contributed by atoms with Crippen molar-refractivity contribution in [2.75, 3.05) is 4.90 Å². The average Bonchev–Trinajstić information content (AvgIpc) is 3.84. The van der Waals surface area contributed by atoms with E-state index in [9.17, 15) is 0 Å². The van der Waals surface area contributed by atoms with E-state index in [2.05, 4.69) is 211 Å². The number of rotatable bonds is 4. The summed E-state index contributed by atoms with van der Waals surface area (Å²) in [5.41, 5.74) is 14.0. The van der Waals surface area contributed by atoms with E-state index < -0.39 is 5.41 Å². The first kappa shape index (κ1) is 33.1. The van der Waals surface area contributed by atoms with Gasteiger partial charge in [0.2, 0.25) is 0 Å². The van der Waals surface area contributed by atoms with Crippen LogP contribution in [0, 0.1) is 0 Å². The highest BCUT2D eigenvalue weighted by molar-refractivity contribution is 6.14. The molecule has 0 bridgehead atoms. The number of para-hydroxylation sites is 3. The summed E-state index contributed by atoms with van der Waals surface area (Å²) < 4.78 is 13.6. The van der Waals surface area contributed by atoms with Crippen LogP contribution in [0.3, 0.4) is 0 Å². The molecule has 13 rings (SSSR count). The van der Waals surface area contributed by atoms with Gasteiger partial charge < -0.3 is 14.1 Å². The first-order valence-electron chi connectivity index (χ1n) is 20.6. The summed E-state index contributed by atoms with van der Waals surface area (Å²) in [5.74, 6) is 1.85. The molecule has 280 valence electrons. The van der Waals surface area contributed by atoms with E-state index in [1.807, 2.05) is 6.07 Å². The lowest BCUT2D eigenvalue weighted by molar-refractivity contribution is 0.447. The van der Waals surface area contributed by atoms with E-state index in [0.717, 1.165) is 83.2 Å². The van der Waals surface area contributed by atoms with Gasteiger partial charge in [0.1, 0.15) is 22.7 Å². The minimum absolute atomic E-state index is 0.602. The lowest BCUT2D eigenvalue weighted by Crippen LogP contribution is -2.32. The Kier molecular flexibility index (Phi) is 6.93. The second-order valence-electron chi connectivity index (χ2n) is 15.9. The monoisotopic (exact) mass is 765 g/mol. The third-order valence-electron chi connectivity index (χ3n) is 12.9. The Morgan fingerprint density at radius 1 is 0.367 bits per heavy atom. The third-order valence-corrected chi connectivity index (χ3v) is 12.9. The first-order chi connectivity index (χ1) is 29.8. The van der Waals surface area contributed by atoms with E-state index in [-0.39, 0.29) is 0 Å². The second-order valence-corrected chi connectivity index (χ2v) is 15.9. The van der Waals surface area contributed by atoms with E-state index >= 15 is 0 Å². The van der Waals surface area contributed by atoms with Gasteiger partial charge in [-0.3, -0.25) is 0 Å². The van der Waals surface area contributed by atoms with Crippen molar-refractivity contribution in [3.63, 3.8) is 0 Å². The number of fused-ring (bicyclic) bond motifs is 16. The number of anilines is 3. The van der Waals surface area contributed by atoms with Gasteiger partial charge >= 0.3 is 0 Å². The Bertz CT molecular complexity index is 3460. The smallest absolute Gasteiger partial charge is 0.140 e. The molecule has 0 fully saturated rings. The Morgan fingerprint density at radius 2 is 0.933 bits per heavy atom. The maximum Gasteiger partial charge on any atom is 0.140 e. The lowest BCUT2D eigenvalue weighted by atomic mass is 9.65. The van der Waals surface area contributed by atoms with Crippen LogP contribution in [0.25, 0.3) is 65.7 Å². The molecule has 3 heteroatoms. The van der Waals surface area contributed by atoms with Crippen molar-refractivity contribution in [1.29, 1.82) is 0 Å². The van der Waals surface area contributed by atoms with E-state index in [1.165, 1.54) is 33.4 Å². The number of furan rings is 1. The van der Waals surface area contributed by atoms with Gasteiger partial charge in [0.25, 0.3) is 0 Å². The summed E-state index contributed by atoms with van der Waals surface area (Å²) in [6.07, 6.45) is 0. The van der Waals surface area contributed by atoms with Gasteiger partial charge in [0.05, 0.1) is 22.2 Å². The molecule has 0 amide bonds. The molecule has 11 aromatic rings. The molecular formula is C57H35NO2. The molecule has 3 nitrogen and oxygen atoms in total. The molecule has 0 N–H and O–H groups in total. The standard InChI is InChI=1S/C57H35NO2/c1-2-17-39(18-3-1)58(51-26-14-28-53-54(51)44-23-10-13-27-52(44)59-53)50-25-12-9-19-40(50)38-31-32-47-45(35-38)43-22-8-11-24-46(43)57(47)48-33-29-36-15-4-6-20-41(36)55(48)60-56-42-21-7-5-16-37(42)30-34-49(56)57/h1-35H. The predicted octanol–water partition coefficient (Wildman–Crippen LogP) is 15.5. The highest BCUT2D eigenvalue weighted by atomic mass is 16.5. The van der Waals surface area contributed by atoms with Crippen LogP contribution < -0.4 is 9.64 Å². The van der Waals surface area contributed by atoms with Gasteiger partial charge in [0.15, 0.2) is 0 Å². The van der Waals surface area contributed by atoms with Gasteiger partial charge in [-0.2, -0.15) is 0 Å². The highest BCUT2D eigenvalue weighted by Crippen LogP contribution is 2.64. The summed E-state index contributed by atoms with van der Waals surface area (Å²) >= 11 is 0. The van der Waals surface area contributed by atoms with E-state index in [1.54, 1.807) is 0 Å². The minimum Gasteiger partial charge on any atom is -0.456 e. The molecule has 0 atom stereocenters. The molecule has 0 saturated heterocycles. The van der Waals surface area contributed by atoms with Crippen molar-refractivity contribution < 1.29 is 9.15 Å². The molecule has 1 spiro atoms. The molecule has 1 aliphatic heterocycles. The van der Waals surface area contributed by atoms with Gasteiger partial charge in [-0.05, 0) is 81.1 Å². The Hall–Kier alpha value is -7.88. The SMILES string of the molecule is c1ccc(N(c2ccccc2-c2ccc3c(c2)-c2ccccc2C32c3ccc4ccccc4c3Oc3c2ccc2ccccc32)c2cccc3oc4ccccc4c23)cc1. The number of nitrogens with zero attached hydrogens (tertiary/aromatic N) is 1. The van der Waals surface area contributed by atoms with Crippen molar-refractivity contribution in [3.8, 4) is 33.8 Å². The van der Waals surface area contributed by atoms with Gasteiger partial charge in [-0.25, -0.2) is 0 Å². The van der Waals surface area contributed by atoms with Crippen molar-refractivity contribution >= 4 is 60.5 Å². The molecule has 0 saturated carbocycles. The fourth-order valence-corrected chi connectivity index (χ4v) is 10.4. The predicted molar refractivity (Wildman–Crippen MR) is 246 cm³/mol. The fourth-order valence-electron chi connectivity index (χ4n) is 10.4. The summed E-state index contributed by atoms with van der Waals surface area (Å²) in [4.78, 5) is 2.39. The Balaban J connectivity index is 1.08. The maximum atomic E-state index is 7.18. The number of benzene rings is 10. The summed E-state index contributed by atoms with van der Waals surface area (Å²) in [6.45, 7) is 0. The van der Waals surface area contributed by atoms with Gasteiger partial charge in [-0.15, -0.1) is 0 Å². The molecule has 10 aromatic carbocycles. The molecule has 60 heavy (non-hydrogen) atoms. The third kappa shape index (κ3) is 4.49. The van der Waals surface area contributed by atoms with Crippen LogP contribution in [0.15, 0.2) is 217 Å². The number of ether oxygens (including phenoxy) is 1. The minimum atomic E-state index is -0.602. The topological polar surface area (TPSA) is 25.6 Å². The average molecular weight is 766 g/mol. The molecule has 0 radical (unpaired) electrons. The zero-order valence-electron chi connectivity index (χ0n) is 32.5. The van der Waals surface area contributed by atoms with Crippen molar-refractivity contribution in [2.24, 2.45) is 0 Å². The van der Waals surface area contributed by atoms with Crippen LogP contribution in [0.4, 0.5) is 17.1 Å². The summed E-state index contributed by atoms with van der Waals surface area (Å²) in [7, 11) is 0. The Morgan fingerprint density at radius 3 is 1.70 bits per heavy atom. The molecule has 2 heterocycles. The summed E-state index contributed by atoms with van der Waals surface area (Å²) in [6, 6.07) is 76.7. The van der Waals surface area contributed by atoms with E-state index in [0.29, 0.717) is 0 Å². The molecule has 2 aliphatic rings. The van der Waals surface area contributed by atoms with Gasteiger partial charge in [0, 0.05) is 38.5 Å². The van der Waals surface area contributed by atoms with E-state index in [4.69, 9.17) is 9.15 Å². The Labute approximate surface area is 347 Å². The molecule has 0 unspecified atom stereocenters. The second kappa shape index (κ2) is 12.6. The normalized spacial score (nSPS) is 13.3. The van der Waals surface area contributed by atoms with Gasteiger partial charge in [-0.1, -0.05) is 170 Å². The fraction of sp³-hybridized carbons (Fsp3) is 0.0175. The van der Waals surface area contributed by atoms with Crippen LogP contribution in [-0.4, -0.2) is 0 Å².